The van der Waals surface area contributed by atoms with E-state index in [0.29, 0.717) is 5.01 Å². The summed E-state index contributed by atoms with van der Waals surface area (Å²) in [5.74, 6) is -0.633. The maximum atomic E-state index is 13.2. The molecule has 152 valence electrons. The summed E-state index contributed by atoms with van der Waals surface area (Å²) in [6.45, 7) is 2.25. The van der Waals surface area contributed by atoms with E-state index in [1.807, 2.05) is 37.3 Å². The van der Waals surface area contributed by atoms with E-state index in [2.05, 4.69) is 25.8 Å². The average molecular weight is 422 g/mol. The van der Waals surface area contributed by atoms with Crippen LogP contribution in [0.4, 0.5) is 4.39 Å². The summed E-state index contributed by atoms with van der Waals surface area (Å²) in [7, 11) is 0. The lowest BCUT2D eigenvalue weighted by Crippen LogP contribution is -2.23. The molecule has 0 bridgehead atoms. The summed E-state index contributed by atoms with van der Waals surface area (Å²) in [6, 6.07) is 15.9. The first-order valence-electron chi connectivity index (χ1n) is 9.47. The van der Waals surface area contributed by atoms with Gasteiger partial charge in [-0.2, -0.15) is 0 Å². The quantitative estimate of drug-likeness (QED) is 0.489. The van der Waals surface area contributed by atoms with Gasteiger partial charge in [-0.3, -0.25) is 4.79 Å². The third-order valence-electron chi connectivity index (χ3n) is 4.59. The number of hydrogen-bond acceptors (Lipinski definition) is 6. The predicted molar refractivity (Wildman–Crippen MR) is 111 cm³/mol. The molecule has 0 radical (unpaired) electrons. The first-order valence-corrected chi connectivity index (χ1v) is 10.3. The zero-order chi connectivity index (χ0) is 20.9. The Hall–Kier alpha value is -3.46. The summed E-state index contributed by atoms with van der Waals surface area (Å²) >= 11 is 1.43. The normalized spacial score (nSPS) is 11.9. The van der Waals surface area contributed by atoms with Gasteiger partial charge in [-0.25, -0.2) is 9.07 Å². The number of aromatic nitrogens is 5. The highest BCUT2D eigenvalue weighted by molar-refractivity contribution is 7.14. The molecular weight excluding hydrogens is 403 g/mol. The summed E-state index contributed by atoms with van der Waals surface area (Å²) in [5.41, 5.74) is 2.10. The molecular formula is C21H19FN6OS. The first-order chi connectivity index (χ1) is 14.6. The molecule has 1 N–H and O–H groups in total. The predicted octanol–water partition coefficient (Wildman–Crippen LogP) is 3.87. The third kappa shape index (κ3) is 4.41. The topological polar surface area (TPSA) is 85.6 Å². The van der Waals surface area contributed by atoms with Crippen LogP contribution in [-0.4, -0.2) is 31.1 Å². The summed E-state index contributed by atoms with van der Waals surface area (Å²) in [5, 5.41) is 20.7. The Morgan fingerprint density at radius 2 is 1.87 bits per heavy atom. The SMILES string of the molecule is CC[C@H](c1ccc(F)cc1)n1cc(C(=O)NCc2nnc(-c3ccccc3)s2)nn1. The van der Waals surface area contributed by atoms with Gasteiger partial charge in [-0.05, 0) is 24.1 Å². The fourth-order valence-electron chi connectivity index (χ4n) is 3.06. The second-order valence-electron chi connectivity index (χ2n) is 6.61. The van der Waals surface area contributed by atoms with Crippen LogP contribution in [0.15, 0.2) is 60.8 Å². The van der Waals surface area contributed by atoms with Gasteiger partial charge in [0.15, 0.2) is 5.69 Å². The van der Waals surface area contributed by atoms with E-state index in [1.165, 1.54) is 23.5 Å². The van der Waals surface area contributed by atoms with Crippen LogP contribution in [-0.2, 0) is 6.54 Å². The molecule has 1 amide bonds. The molecule has 7 nitrogen and oxygen atoms in total. The monoisotopic (exact) mass is 422 g/mol. The largest absolute Gasteiger partial charge is 0.344 e. The van der Waals surface area contributed by atoms with E-state index in [9.17, 15) is 9.18 Å². The van der Waals surface area contributed by atoms with Crippen molar-refractivity contribution in [2.75, 3.05) is 0 Å². The number of carbonyl (C=O) groups excluding carboxylic acids is 1. The second kappa shape index (κ2) is 8.91. The van der Waals surface area contributed by atoms with Crippen molar-refractivity contribution in [1.29, 1.82) is 0 Å². The number of amides is 1. The molecule has 0 aliphatic rings. The van der Waals surface area contributed by atoms with Gasteiger partial charge in [-0.1, -0.05) is 65.9 Å². The molecule has 0 unspecified atom stereocenters. The minimum Gasteiger partial charge on any atom is -0.344 e. The van der Waals surface area contributed by atoms with Crippen molar-refractivity contribution in [3.05, 3.63) is 82.9 Å². The molecule has 9 heteroatoms. The van der Waals surface area contributed by atoms with Gasteiger partial charge in [0.2, 0.25) is 0 Å². The molecule has 0 saturated heterocycles. The Morgan fingerprint density at radius 1 is 1.10 bits per heavy atom. The highest BCUT2D eigenvalue weighted by atomic mass is 32.1. The zero-order valence-corrected chi connectivity index (χ0v) is 17.0. The number of benzene rings is 2. The van der Waals surface area contributed by atoms with E-state index >= 15 is 0 Å². The molecule has 4 rings (SSSR count). The number of nitrogens with one attached hydrogen (secondary N) is 1. The second-order valence-corrected chi connectivity index (χ2v) is 7.67. The lowest BCUT2D eigenvalue weighted by atomic mass is 10.0. The molecule has 0 aliphatic heterocycles. The smallest absolute Gasteiger partial charge is 0.273 e. The number of halogens is 1. The van der Waals surface area contributed by atoms with Crippen molar-refractivity contribution in [2.24, 2.45) is 0 Å². The molecule has 4 aromatic rings. The Kier molecular flexibility index (Phi) is 5.89. The first kappa shape index (κ1) is 19.8. The van der Waals surface area contributed by atoms with Crippen LogP contribution in [0.2, 0.25) is 0 Å². The fourth-order valence-corrected chi connectivity index (χ4v) is 3.85. The van der Waals surface area contributed by atoms with Crippen molar-refractivity contribution >= 4 is 17.2 Å². The zero-order valence-electron chi connectivity index (χ0n) is 16.2. The van der Waals surface area contributed by atoms with Gasteiger partial charge in [0.1, 0.15) is 15.8 Å². The molecule has 0 spiro atoms. The maximum Gasteiger partial charge on any atom is 0.273 e. The van der Waals surface area contributed by atoms with Crippen molar-refractivity contribution in [1.82, 2.24) is 30.5 Å². The Bertz CT molecular complexity index is 1130. The Balaban J connectivity index is 1.41. The van der Waals surface area contributed by atoms with Gasteiger partial charge >= 0.3 is 0 Å². The Morgan fingerprint density at radius 3 is 2.60 bits per heavy atom. The highest BCUT2D eigenvalue weighted by Crippen LogP contribution is 2.23. The van der Waals surface area contributed by atoms with Crippen LogP contribution in [0.1, 0.15) is 40.4 Å². The van der Waals surface area contributed by atoms with Crippen LogP contribution < -0.4 is 5.32 Å². The van der Waals surface area contributed by atoms with Gasteiger partial charge < -0.3 is 5.32 Å². The van der Waals surface area contributed by atoms with Gasteiger partial charge in [0.25, 0.3) is 5.91 Å². The van der Waals surface area contributed by atoms with E-state index in [-0.39, 0.29) is 30.0 Å². The van der Waals surface area contributed by atoms with Crippen molar-refractivity contribution < 1.29 is 9.18 Å². The molecule has 0 saturated carbocycles. The molecule has 30 heavy (non-hydrogen) atoms. The van der Waals surface area contributed by atoms with Crippen molar-refractivity contribution in [2.45, 2.75) is 25.9 Å². The lowest BCUT2D eigenvalue weighted by Gasteiger charge is -2.14. The van der Waals surface area contributed by atoms with Crippen LogP contribution in [0, 0.1) is 5.82 Å². The van der Waals surface area contributed by atoms with Gasteiger partial charge in [0.05, 0.1) is 18.8 Å². The van der Waals surface area contributed by atoms with Crippen LogP contribution in [0.5, 0.6) is 0 Å². The molecule has 2 heterocycles. The van der Waals surface area contributed by atoms with Crippen molar-refractivity contribution in [3.8, 4) is 10.6 Å². The van der Waals surface area contributed by atoms with Crippen LogP contribution in [0.3, 0.4) is 0 Å². The molecule has 0 fully saturated rings. The summed E-state index contributed by atoms with van der Waals surface area (Å²) < 4.78 is 14.8. The third-order valence-corrected chi connectivity index (χ3v) is 5.56. The minimum absolute atomic E-state index is 0.128. The number of nitrogens with zero attached hydrogens (tertiary/aromatic N) is 5. The standard InChI is InChI=1S/C21H19FN6OS/c1-2-18(14-8-10-16(22)11-9-14)28-13-17(24-27-28)20(29)23-12-19-25-26-21(30-19)15-6-4-3-5-7-15/h3-11,13,18H,2,12H2,1H3,(H,23,29)/t18-/m1/s1. The maximum absolute atomic E-state index is 13.2. The number of rotatable bonds is 7. The fraction of sp³-hybridized carbons (Fsp3) is 0.190. The molecule has 0 aliphatic carbocycles. The van der Waals surface area contributed by atoms with E-state index in [0.717, 1.165) is 22.6 Å². The summed E-state index contributed by atoms with van der Waals surface area (Å²) in [6.07, 6.45) is 2.32. The Labute approximate surface area is 176 Å². The minimum atomic E-state index is -0.341. The van der Waals surface area contributed by atoms with E-state index in [4.69, 9.17) is 0 Å². The molecule has 2 aromatic heterocycles. The lowest BCUT2D eigenvalue weighted by molar-refractivity contribution is 0.0945. The average Bonchev–Trinajstić information content (AvgIpc) is 3.45. The highest BCUT2D eigenvalue weighted by Gasteiger charge is 2.17. The van der Waals surface area contributed by atoms with Crippen LogP contribution >= 0.6 is 11.3 Å². The number of carbonyl (C=O) groups is 1. The van der Waals surface area contributed by atoms with Crippen molar-refractivity contribution in [3.63, 3.8) is 0 Å². The number of hydrogen-bond donors (Lipinski definition) is 1. The summed E-state index contributed by atoms with van der Waals surface area (Å²) in [4.78, 5) is 12.5. The van der Waals surface area contributed by atoms with Crippen LogP contribution in [0.25, 0.3) is 10.6 Å². The molecule has 2 aromatic carbocycles. The van der Waals surface area contributed by atoms with Gasteiger partial charge in [0, 0.05) is 5.56 Å². The van der Waals surface area contributed by atoms with E-state index in [1.54, 1.807) is 23.0 Å². The van der Waals surface area contributed by atoms with Gasteiger partial charge in [-0.15, -0.1) is 15.3 Å². The van der Waals surface area contributed by atoms with E-state index < -0.39 is 0 Å². The molecule has 1 atom stereocenters.